The maximum absolute atomic E-state index is 11.8. The third-order valence-electron chi connectivity index (χ3n) is 3.22. The number of phenolic OH excluding ortho intramolecular Hbond substituents is 1. The summed E-state index contributed by atoms with van der Waals surface area (Å²) in [6.45, 7) is 5.02. The van der Waals surface area contributed by atoms with Crippen molar-refractivity contribution >= 4 is 23.0 Å². The van der Waals surface area contributed by atoms with E-state index < -0.39 is 17.3 Å². The largest absolute Gasteiger partial charge is 0.508 e. The fraction of sp³-hybridized carbons (Fsp3) is 0.375. The molecule has 0 fully saturated rings. The summed E-state index contributed by atoms with van der Waals surface area (Å²) in [4.78, 5) is 29.0. The lowest BCUT2D eigenvalue weighted by atomic mass is 10.0. The van der Waals surface area contributed by atoms with Crippen LogP contribution in [0.3, 0.4) is 0 Å². The van der Waals surface area contributed by atoms with Crippen LogP contribution >= 0.6 is 0 Å². The van der Waals surface area contributed by atoms with E-state index in [-0.39, 0.29) is 12.2 Å². The second-order valence-corrected chi connectivity index (χ2v) is 6.23. The second kappa shape index (κ2) is 5.87. The van der Waals surface area contributed by atoms with E-state index in [0.29, 0.717) is 10.9 Å². The number of hydrogen-bond donors (Lipinski definition) is 3. The smallest absolute Gasteiger partial charge is 0.360 e. The van der Waals surface area contributed by atoms with Gasteiger partial charge in [-0.1, -0.05) is 0 Å². The van der Waals surface area contributed by atoms with Crippen LogP contribution in [0.15, 0.2) is 29.4 Å². The van der Waals surface area contributed by atoms with Crippen LogP contribution in [0.2, 0.25) is 0 Å². The van der Waals surface area contributed by atoms with Gasteiger partial charge in [-0.3, -0.25) is 0 Å². The van der Waals surface area contributed by atoms with Gasteiger partial charge in [-0.2, -0.15) is 4.99 Å². The highest BCUT2D eigenvalue weighted by Crippen LogP contribution is 2.31. The molecule has 0 radical (unpaired) electrons. The number of carboxylic acid groups (broad SMARTS) is 1. The van der Waals surface area contributed by atoms with Crippen molar-refractivity contribution in [1.82, 2.24) is 4.98 Å². The minimum Gasteiger partial charge on any atom is -0.508 e. The van der Waals surface area contributed by atoms with Crippen molar-refractivity contribution in [2.45, 2.75) is 38.5 Å². The molecule has 0 saturated heterocycles. The number of carboxylic acids is 1. The number of fused-ring (bicyclic) bond motifs is 1. The van der Waals surface area contributed by atoms with Gasteiger partial charge in [0.2, 0.25) is 6.08 Å². The van der Waals surface area contributed by atoms with Crippen molar-refractivity contribution in [2.24, 2.45) is 4.99 Å². The molecule has 0 aliphatic heterocycles. The van der Waals surface area contributed by atoms with Crippen LogP contribution in [-0.4, -0.2) is 38.6 Å². The van der Waals surface area contributed by atoms with Gasteiger partial charge < -0.3 is 19.9 Å². The predicted molar refractivity (Wildman–Crippen MR) is 83.0 cm³/mol. The Labute approximate surface area is 132 Å². The number of hydrogen-bond acceptors (Lipinski definition) is 5. The minimum absolute atomic E-state index is 0.0508. The van der Waals surface area contributed by atoms with Crippen molar-refractivity contribution in [2.75, 3.05) is 0 Å². The van der Waals surface area contributed by atoms with Crippen molar-refractivity contribution in [3.63, 3.8) is 0 Å². The number of isocyanates is 1. The van der Waals surface area contributed by atoms with Crippen LogP contribution in [0.4, 0.5) is 0 Å². The molecule has 0 aliphatic rings. The maximum atomic E-state index is 11.8. The quantitative estimate of drug-likeness (QED) is 0.578. The lowest BCUT2D eigenvalue weighted by molar-refractivity contribution is -0.182. The lowest BCUT2D eigenvalue weighted by Gasteiger charge is -2.31. The third-order valence-corrected chi connectivity index (χ3v) is 3.22. The van der Waals surface area contributed by atoms with E-state index in [0.717, 1.165) is 5.52 Å². The number of ether oxygens (including phenoxy) is 1. The summed E-state index contributed by atoms with van der Waals surface area (Å²) in [5.41, 5.74) is -1.64. The Hall–Kier alpha value is -2.63. The molecule has 0 aliphatic carbocycles. The summed E-state index contributed by atoms with van der Waals surface area (Å²) in [6.07, 6.45) is 2.72. The number of phenols is 1. The number of nitrogens with zero attached hydrogens (tertiary/aromatic N) is 1. The highest BCUT2D eigenvalue weighted by atomic mass is 16.6. The molecule has 0 unspecified atom stereocenters. The van der Waals surface area contributed by atoms with Crippen molar-refractivity contribution in [3.8, 4) is 5.75 Å². The third kappa shape index (κ3) is 3.59. The van der Waals surface area contributed by atoms with E-state index in [2.05, 4.69) is 9.98 Å². The first kappa shape index (κ1) is 16.7. The molecule has 7 heteroatoms. The Morgan fingerprint density at radius 3 is 2.65 bits per heavy atom. The molecule has 2 rings (SSSR count). The lowest BCUT2D eigenvalue weighted by Crippen LogP contribution is -2.47. The van der Waals surface area contributed by atoms with Gasteiger partial charge >= 0.3 is 5.97 Å². The predicted octanol–water partition coefficient (Wildman–Crippen LogP) is 2.35. The molecular formula is C16H18N2O5. The Morgan fingerprint density at radius 1 is 1.39 bits per heavy atom. The van der Waals surface area contributed by atoms with Crippen LogP contribution in [-0.2, 0) is 20.7 Å². The van der Waals surface area contributed by atoms with Crippen molar-refractivity contribution < 1.29 is 24.5 Å². The van der Waals surface area contributed by atoms with Gasteiger partial charge in [-0.15, -0.1) is 0 Å². The van der Waals surface area contributed by atoms with Crippen LogP contribution < -0.4 is 0 Å². The van der Waals surface area contributed by atoms with Gasteiger partial charge in [0.1, 0.15) is 5.75 Å². The highest BCUT2D eigenvalue weighted by molar-refractivity contribution is 5.86. The van der Waals surface area contributed by atoms with Gasteiger partial charge in [0, 0.05) is 23.5 Å². The molecule has 3 N–H and O–H groups in total. The first-order valence-electron chi connectivity index (χ1n) is 6.98. The summed E-state index contributed by atoms with van der Waals surface area (Å²) < 4.78 is 5.57. The number of aliphatic carboxylic acids is 1. The first-order chi connectivity index (χ1) is 10.7. The number of aromatic hydroxyl groups is 1. The zero-order valence-corrected chi connectivity index (χ0v) is 13.1. The topological polar surface area (TPSA) is 112 Å². The molecule has 1 heterocycles. The summed E-state index contributed by atoms with van der Waals surface area (Å²) in [5, 5.41) is 19.8. The highest BCUT2D eigenvalue weighted by Gasteiger charge is 2.44. The van der Waals surface area contributed by atoms with Gasteiger partial charge in [0.15, 0.2) is 0 Å². The number of aromatic amines is 1. The second-order valence-electron chi connectivity index (χ2n) is 6.23. The molecule has 2 aromatic rings. The summed E-state index contributed by atoms with van der Waals surface area (Å²) in [7, 11) is 0. The Morgan fingerprint density at radius 2 is 2.09 bits per heavy atom. The minimum atomic E-state index is -2.08. The Bertz CT molecular complexity index is 779. The van der Waals surface area contributed by atoms with Crippen molar-refractivity contribution in [1.29, 1.82) is 0 Å². The summed E-state index contributed by atoms with van der Waals surface area (Å²) >= 11 is 0. The van der Waals surface area contributed by atoms with Crippen LogP contribution in [0.5, 0.6) is 5.75 Å². The molecule has 1 aromatic carbocycles. The van der Waals surface area contributed by atoms with Crippen molar-refractivity contribution in [3.05, 3.63) is 30.0 Å². The molecule has 0 saturated carbocycles. The van der Waals surface area contributed by atoms with E-state index in [1.54, 1.807) is 33.0 Å². The van der Waals surface area contributed by atoms with Crippen LogP contribution in [0.1, 0.15) is 26.3 Å². The number of carbonyl (C=O) groups excluding carboxylic acids is 1. The number of rotatable bonds is 5. The summed E-state index contributed by atoms with van der Waals surface area (Å²) in [6, 6.07) is 4.70. The van der Waals surface area contributed by atoms with E-state index in [1.807, 2.05) is 0 Å². The average molecular weight is 318 g/mol. The number of benzene rings is 1. The summed E-state index contributed by atoms with van der Waals surface area (Å²) in [5.74, 6) is -1.33. The van der Waals surface area contributed by atoms with Gasteiger partial charge in [-0.25, -0.2) is 9.59 Å². The molecular weight excluding hydrogens is 300 g/mol. The van der Waals surface area contributed by atoms with Crippen LogP contribution in [0, 0.1) is 0 Å². The Kier molecular flexibility index (Phi) is 4.27. The molecule has 23 heavy (non-hydrogen) atoms. The zero-order chi connectivity index (χ0) is 17.3. The molecule has 1 aromatic heterocycles. The van der Waals surface area contributed by atoms with Gasteiger partial charge in [0.25, 0.3) is 5.72 Å². The number of aromatic nitrogens is 1. The number of carbonyl (C=O) groups is 1. The normalized spacial score (nSPS) is 14.2. The standard InChI is InChI=1S/C16H18N2O5/c1-15(2,3)23-16(14(21)22,18-9-19)7-10-8-17-13-5-4-11(20)6-12(10)13/h4-6,8,17,20H,7H2,1-3H3,(H,21,22)/t16-/m0/s1. The Balaban J connectivity index is 2.53. The number of aliphatic imine (C=N–C) groups is 1. The fourth-order valence-electron chi connectivity index (χ4n) is 2.42. The maximum Gasteiger partial charge on any atom is 0.360 e. The van der Waals surface area contributed by atoms with E-state index in [9.17, 15) is 19.8 Å². The van der Waals surface area contributed by atoms with Gasteiger partial charge in [-0.05, 0) is 44.5 Å². The van der Waals surface area contributed by atoms with E-state index >= 15 is 0 Å². The number of H-pyrrole nitrogens is 1. The molecule has 1 atom stereocenters. The number of nitrogens with one attached hydrogen (secondary N) is 1. The molecule has 7 nitrogen and oxygen atoms in total. The molecule has 0 bridgehead atoms. The van der Waals surface area contributed by atoms with Gasteiger partial charge in [0.05, 0.1) is 5.60 Å². The van der Waals surface area contributed by atoms with Crippen LogP contribution in [0.25, 0.3) is 10.9 Å². The van der Waals surface area contributed by atoms with E-state index in [4.69, 9.17) is 4.74 Å². The molecule has 0 amide bonds. The molecule has 122 valence electrons. The fourth-order valence-corrected chi connectivity index (χ4v) is 2.42. The zero-order valence-electron chi connectivity index (χ0n) is 13.1. The monoisotopic (exact) mass is 318 g/mol. The first-order valence-corrected chi connectivity index (χ1v) is 6.98. The molecule has 0 spiro atoms. The SMILES string of the molecule is CC(C)(C)O[C@](Cc1c[nH]c2ccc(O)cc12)(N=C=O)C(=O)O. The average Bonchev–Trinajstić information content (AvgIpc) is 2.79. The van der Waals surface area contributed by atoms with E-state index in [1.165, 1.54) is 18.2 Å².